The van der Waals surface area contributed by atoms with Gasteiger partial charge in [0.05, 0.1) is 6.17 Å². The van der Waals surface area contributed by atoms with Gasteiger partial charge >= 0.3 is 7.12 Å². The fourth-order valence-corrected chi connectivity index (χ4v) is 5.18. The highest BCUT2D eigenvalue weighted by atomic mass is 16.4. The Morgan fingerprint density at radius 2 is 1.61 bits per heavy atom. The third-order valence-corrected chi connectivity index (χ3v) is 6.37. The summed E-state index contributed by atoms with van der Waals surface area (Å²) in [4.78, 5) is 2.81. The second-order valence-corrected chi connectivity index (χ2v) is 8.04. The Bertz CT molecular complexity index is 350. The second kappa shape index (κ2) is 8.84. The molecule has 0 aromatic heterocycles. The first kappa shape index (κ1) is 17.7. The van der Waals surface area contributed by atoms with E-state index in [0.29, 0.717) is 12.5 Å². The molecule has 23 heavy (non-hydrogen) atoms. The normalized spacial score (nSPS) is 32.9. The Balaban J connectivity index is 1.53. The molecule has 4 nitrogen and oxygen atoms in total. The quantitative estimate of drug-likeness (QED) is 0.498. The maximum absolute atomic E-state index is 8.96. The average molecular weight is 322 g/mol. The molecule has 1 heterocycles. The molecular formula is C18H35BN2O2. The fourth-order valence-electron chi connectivity index (χ4n) is 5.18. The summed E-state index contributed by atoms with van der Waals surface area (Å²) >= 11 is 0. The number of rotatable bonds is 7. The van der Waals surface area contributed by atoms with Gasteiger partial charge in [-0.3, -0.25) is 10.2 Å². The molecule has 1 aliphatic heterocycles. The van der Waals surface area contributed by atoms with Crippen LogP contribution in [0.4, 0.5) is 0 Å². The fraction of sp³-hybridized carbons (Fsp3) is 1.00. The molecule has 3 unspecified atom stereocenters. The average Bonchev–Trinajstić information content (AvgIpc) is 2.94. The van der Waals surface area contributed by atoms with Gasteiger partial charge in [0.1, 0.15) is 0 Å². The summed E-state index contributed by atoms with van der Waals surface area (Å²) in [5, 5.41) is 21.9. The SMILES string of the molecule is OB(O)CCCCCN1C2CCCCC2NC1C1CCCCC1. The number of hydrogen-bond acceptors (Lipinski definition) is 4. The van der Waals surface area contributed by atoms with Crippen molar-refractivity contribution in [3.63, 3.8) is 0 Å². The van der Waals surface area contributed by atoms with Crippen LogP contribution < -0.4 is 5.32 Å². The Kier molecular flexibility index (Phi) is 6.81. The zero-order valence-corrected chi connectivity index (χ0v) is 14.6. The van der Waals surface area contributed by atoms with Crippen LogP contribution >= 0.6 is 0 Å². The molecule has 5 heteroatoms. The van der Waals surface area contributed by atoms with Gasteiger partial charge in [-0.2, -0.15) is 0 Å². The van der Waals surface area contributed by atoms with E-state index in [1.165, 1.54) is 70.8 Å². The molecule has 3 fully saturated rings. The minimum atomic E-state index is -1.12. The number of nitrogens with zero attached hydrogens (tertiary/aromatic N) is 1. The molecule has 0 bridgehead atoms. The summed E-state index contributed by atoms with van der Waals surface area (Å²) in [6.45, 7) is 1.19. The first-order valence-corrected chi connectivity index (χ1v) is 10.1. The van der Waals surface area contributed by atoms with E-state index < -0.39 is 7.12 Å². The molecular weight excluding hydrogens is 287 g/mol. The summed E-state index contributed by atoms with van der Waals surface area (Å²) < 4.78 is 0. The van der Waals surface area contributed by atoms with Gasteiger partial charge in [0.15, 0.2) is 0 Å². The molecule has 3 rings (SSSR count). The van der Waals surface area contributed by atoms with Crippen molar-refractivity contribution in [3.8, 4) is 0 Å². The van der Waals surface area contributed by atoms with Gasteiger partial charge in [0.2, 0.25) is 0 Å². The molecule has 2 saturated carbocycles. The minimum absolute atomic E-state index is 0.524. The molecule has 0 aromatic carbocycles. The van der Waals surface area contributed by atoms with Crippen molar-refractivity contribution in [2.45, 2.75) is 102 Å². The standard InChI is InChI=1S/C18H35BN2O2/c22-19(23)13-7-2-8-14-21-17-12-6-5-11-16(17)20-18(21)15-9-3-1-4-10-15/h15-18,20,22-23H,1-14H2. The maximum Gasteiger partial charge on any atom is 0.451 e. The van der Waals surface area contributed by atoms with E-state index in [1.54, 1.807) is 0 Å². The summed E-state index contributed by atoms with van der Waals surface area (Å²) in [5.74, 6) is 0.855. The number of fused-ring (bicyclic) bond motifs is 1. The maximum atomic E-state index is 8.96. The lowest BCUT2D eigenvalue weighted by molar-refractivity contribution is 0.104. The summed E-state index contributed by atoms with van der Waals surface area (Å²) in [7, 11) is -1.12. The number of nitrogens with one attached hydrogen (secondary N) is 1. The van der Waals surface area contributed by atoms with Crippen LogP contribution in [0.5, 0.6) is 0 Å². The van der Waals surface area contributed by atoms with Crippen molar-refractivity contribution < 1.29 is 10.0 Å². The zero-order chi connectivity index (χ0) is 16.1. The molecule has 3 atom stereocenters. The highest BCUT2D eigenvalue weighted by Crippen LogP contribution is 2.37. The molecule has 0 radical (unpaired) electrons. The second-order valence-electron chi connectivity index (χ2n) is 8.04. The van der Waals surface area contributed by atoms with Crippen LogP contribution in [0.25, 0.3) is 0 Å². The third-order valence-electron chi connectivity index (χ3n) is 6.37. The Labute approximate surface area is 142 Å². The summed E-state index contributed by atoms with van der Waals surface area (Å²) in [6.07, 6.45) is 17.0. The highest BCUT2D eigenvalue weighted by molar-refractivity contribution is 6.40. The predicted octanol–water partition coefficient (Wildman–Crippen LogP) is 2.75. The van der Waals surface area contributed by atoms with E-state index in [0.717, 1.165) is 30.8 Å². The van der Waals surface area contributed by atoms with Gasteiger partial charge in [-0.15, -0.1) is 0 Å². The Morgan fingerprint density at radius 3 is 2.39 bits per heavy atom. The molecule has 0 amide bonds. The molecule has 3 aliphatic rings. The Hall–Kier alpha value is -0.0951. The van der Waals surface area contributed by atoms with Gasteiger partial charge in [-0.05, 0) is 50.9 Å². The monoisotopic (exact) mass is 322 g/mol. The van der Waals surface area contributed by atoms with Crippen LogP contribution in [-0.4, -0.2) is 46.9 Å². The smallest absolute Gasteiger partial charge is 0.427 e. The lowest BCUT2D eigenvalue weighted by atomic mass is 9.83. The van der Waals surface area contributed by atoms with E-state index >= 15 is 0 Å². The lowest BCUT2D eigenvalue weighted by Crippen LogP contribution is -2.45. The van der Waals surface area contributed by atoms with Gasteiger partial charge < -0.3 is 10.0 Å². The van der Waals surface area contributed by atoms with Gasteiger partial charge in [-0.25, -0.2) is 0 Å². The molecule has 0 aromatic rings. The highest BCUT2D eigenvalue weighted by Gasteiger charge is 2.44. The van der Waals surface area contributed by atoms with Crippen LogP contribution in [0.3, 0.4) is 0 Å². The topological polar surface area (TPSA) is 55.7 Å². The largest absolute Gasteiger partial charge is 0.451 e. The molecule has 2 aliphatic carbocycles. The number of unbranched alkanes of at least 4 members (excludes halogenated alkanes) is 2. The van der Waals surface area contributed by atoms with Crippen LogP contribution in [0.1, 0.15) is 77.0 Å². The van der Waals surface area contributed by atoms with Gasteiger partial charge in [0.25, 0.3) is 0 Å². The first-order valence-electron chi connectivity index (χ1n) is 10.1. The van der Waals surface area contributed by atoms with Crippen LogP contribution in [0.15, 0.2) is 0 Å². The minimum Gasteiger partial charge on any atom is -0.427 e. The molecule has 132 valence electrons. The van der Waals surface area contributed by atoms with E-state index in [4.69, 9.17) is 10.0 Å². The van der Waals surface area contributed by atoms with Crippen molar-refractivity contribution in [2.24, 2.45) is 5.92 Å². The van der Waals surface area contributed by atoms with Crippen molar-refractivity contribution in [1.29, 1.82) is 0 Å². The zero-order valence-electron chi connectivity index (χ0n) is 14.6. The van der Waals surface area contributed by atoms with Crippen LogP contribution in [0, 0.1) is 5.92 Å². The number of hydrogen-bond donors (Lipinski definition) is 3. The van der Waals surface area contributed by atoms with E-state index in [-0.39, 0.29) is 0 Å². The van der Waals surface area contributed by atoms with Crippen LogP contribution in [-0.2, 0) is 0 Å². The van der Waals surface area contributed by atoms with E-state index in [9.17, 15) is 0 Å². The third kappa shape index (κ3) is 4.71. The molecule has 0 spiro atoms. The Morgan fingerprint density at radius 1 is 0.870 bits per heavy atom. The molecule has 3 N–H and O–H groups in total. The van der Waals surface area contributed by atoms with Gasteiger partial charge in [-0.1, -0.05) is 44.9 Å². The molecule has 1 saturated heterocycles. The van der Waals surface area contributed by atoms with Crippen LogP contribution in [0.2, 0.25) is 6.32 Å². The lowest BCUT2D eigenvalue weighted by Gasteiger charge is -2.37. The predicted molar refractivity (Wildman–Crippen MR) is 95.1 cm³/mol. The summed E-state index contributed by atoms with van der Waals surface area (Å²) in [5.41, 5.74) is 0. The first-order chi connectivity index (χ1) is 11.3. The van der Waals surface area contributed by atoms with Crippen molar-refractivity contribution in [1.82, 2.24) is 10.2 Å². The van der Waals surface area contributed by atoms with Crippen molar-refractivity contribution >= 4 is 7.12 Å². The van der Waals surface area contributed by atoms with Crippen molar-refractivity contribution in [3.05, 3.63) is 0 Å². The van der Waals surface area contributed by atoms with Crippen molar-refractivity contribution in [2.75, 3.05) is 6.54 Å². The van der Waals surface area contributed by atoms with Gasteiger partial charge in [0, 0.05) is 12.1 Å². The van der Waals surface area contributed by atoms with E-state index in [2.05, 4.69) is 10.2 Å². The van der Waals surface area contributed by atoms with E-state index in [1.807, 2.05) is 0 Å². The summed E-state index contributed by atoms with van der Waals surface area (Å²) in [6, 6.07) is 1.49.